The Morgan fingerprint density at radius 2 is 2.11 bits per heavy atom. The maximum Gasteiger partial charge on any atom is 0.0888 e. The van der Waals surface area contributed by atoms with Crippen LogP contribution in [0.3, 0.4) is 0 Å². The van der Waals surface area contributed by atoms with Crippen molar-refractivity contribution in [1.82, 2.24) is 9.88 Å². The van der Waals surface area contributed by atoms with Gasteiger partial charge in [0.05, 0.1) is 18.9 Å². The molecule has 0 spiro atoms. The first kappa shape index (κ1) is 14.0. The number of piperidine rings is 1. The molecule has 1 aromatic heterocycles. The quantitative estimate of drug-likeness (QED) is 0.834. The molecule has 2 rings (SSSR count). The first-order valence-electron chi connectivity index (χ1n) is 6.68. The minimum absolute atomic E-state index is 0.515. The van der Waals surface area contributed by atoms with Crippen LogP contribution in [0.4, 0.5) is 0 Å². The van der Waals surface area contributed by atoms with Crippen LogP contribution in [-0.4, -0.2) is 35.6 Å². The molecule has 0 saturated carbocycles. The number of halogens is 1. The van der Waals surface area contributed by atoms with E-state index in [4.69, 9.17) is 4.74 Å². The molecule has 0 bridgehead atoms. The van der Waals surface area contributed by atoms with Gasteiger partial charge in [-0.3, -0.25) is 9.88 Å². The zero-order valence-corrected chi connectivity index (χ0v) is 12.5. The van der Waals surface area contributed by atoms with Crippen molar-refractivity contribution < 1.29 is 4.74 Å². The lowest BCUT2D eigenvalue weighted by Gasteiger charge is -2.32. The average Bonchev–Trinajstić information content (AvgIpc) is 2.42. The Labute approximate surface area is 118 Å². The fourth-order valence-electron chi connectivity index (χ4n) is 2.29. The first-order valence-corrected chi connectivity index (χ1v) is 7.47. The summed E-state index contributed by atoms with van der Waals surface area (Å²) in [7, 11) is 0. The lowest BCUT2D eigenvalue weighted by atomic mass is 10.1. The molecule has 0 N–H and O–H groups in total. The highest BCUT2D eigenvalue weighted by Crippen LogP contribution is 2.13. The van der Waals surface area contributed by atoms with E-state index in [1.807, 2.05) is 18.3 Å². The van der Waals surface area contributed by atoms with Crippen molar-refractivity contribution in [3.05, 3.63) is 28.5 Å². The lowest BCUT2D eigenvalue weighted by Crippen LogP contribution is -2.40. The molecule has 1 aromatic rings. The van der Waals surface area contributed by atoms with Gasteiger partial charge in [0.15, 0.2) is 0 Å². The van der Waals surface area contributed by atoms with E-state index in [2.05, 4.69) is 32.7 Å². The summed E-state index contributed by atoms with van der Waals surface area (Å²) in [6, 6.07) is 4.51. The van der Waals surface area contributed by atoms with Gasteiger partial charge >= 0.3 is 0 Å². The van der Waals surface area contributed by atoms with Gasteiger partial charge in [-0.1, -0.05) is 6.42 Å². The van der Waals surface area contributed by atoms with Gasteiger partial charge in [0.1, 0.15) is 0 Å². The predicted molar refractivity (Wildman–Crippen MR) is 76.5 cm³/mol. The molecule has 1 atom stereocenters. The lowest BCUT2D eigenvalue weighted by molar-refractivity contribution is 0.0479. The van der Waals surface area contributed by atoms with Crippen molar-refractivity contribution in [3.63, 3.8) is 0 Å². The number of nitrogens with zero attached hydrogens (tertiary/aromatic N) is 2. The van der Waals surface area contributed by atoms with Gasteiger partial charge in [-0.15, -0.1) is 0 Å². The number of aromatic nitrogens is 1. The van der Waals surface area contributed by atoms with E-state index in [0.29, 0.717) is 12.6 Å². The summed E-state index contributed by atoms with van der Waals surface area (Å²) in [5, 5.41) is 0. The maximum atomic E-state index is 5.76. The summed E-state index contributed by atoms with van der Waals surface area (Å²) >= 11 is 3.38. The number of rotatable bonds is 5. The Morgan fingerprint density at radius 1 is 1.33 bits per heavy atom. The topological polar surface area (TPSA) is 25.4 Å². The van der Waals surface area contributed by atoms with Crippen molar-refractivity contribution in [2.75, 3.05) is 19.7 Å². The molecule has 100 valence electrons. The molecule has 1 fully saturated rings. The van der Waals surface area contributed by atoms with Crippen LogP contribution in [0.2, 0.25) is 0 Å². The smallest absolute Gasteiger partial charge is 0.0888 e. The molecular formula is C14H21BrN2O. The van der Waals surface area contributed by atoms with Gasteiger partial charge in [0, 0.05) is 16.7 Å². The van der Waals surface area contributed by atoms with E-state index in [1.165, 1.54) is 32.4 Å². The van der Waals surface area contributed by atoms with E-state index in [9.17, 15) is 0 Å². The van der Waals surface area contributed by atoms with E-state index in [0.717, 1.165) is 16.8 Å². The summed E-state index contributed by atoms with van der Waals surface area (Å²) in [5.41, 5.74) is 0.990. The minimum Gasteiger partial charge on any atom is -0.374 e. The molecule has 0 amide bonds. The van der Waals surface area contributed by atoms with Crippen LogP contribution in [0, 0.1) is 0 Å². The van der Waals surface area contributed by atoms with Crippen LogP contribution < -0.4 is 0 Å². The maximum absolute atomic E-state index is 5.76. The van der Waals surface area contributed by atoms with Gasteiger partial charge in [0.25, 0.3) is 0 Å². The Bertz CT molecular complexity index is 349. The number of ether oxygens (including phenoxy) is 1. The third kappa shape index (κ3) is 4.34. The molecule has 3 nitrogen and oxygen atoms in total. The van der Waals surface area contributed by atoms with Gasteiger partial charge < -0.3 is 4.74 Å². The Kier molecular flexibility index (Phi) is 5.60. The number of hydrogen-bond donors (Lipinski definition) is 0. The number of pyridine rings is 1. The molecule has 2 heterocycles. The SMILES string of the molecule is CC(COCc1ccc(Br)cn1)N1CCCCC1. The fourth-order valence-corrected chi connectivity index (χ4v) is 2.52. The predicted octanol–water partition coefficient (Wildman–Crippen LogP) is 3.24. The molecule has 1 saturated heterocycles. The van der Waals surface area contributed by atoms with Crippen molar-refractivity contribution >= 4 is 15.9 Å². The van der Waals surface area contributed by atoms with Crippen molar-refractivity contribution in [1.29, 1.82) is 0 Å². The second-order valence-electron chi connectivity index (χ2n) is 4.93. The summed E-state index contributed by atoms with van der Waals surface area (Å²) in [6.07, 6.45) is 5.86. The Morgan fingerprint density at radius 3 is 2.78 bits per heavy atom. The molecule has 0 aliphatic carbocycles. The highest BCUT2D eigenvalue weighted by atomic mass is 79.9. The van der Waals surface area contributed by atoms with Gasteiger partial charge in [-0.2, -0.15) is 0 Å². The highest BCUT2D eigenvalue weighted by molar-refractivity contribution is 9.10. The van der Waals surface area contributed by atoms with E-state index >= 15 is 0 Å². The molecule has 4 heteroatoms. The van der Waals surface area contributed by atoms with Gasteiger partial charge in [-0.25, -0.2) is 0 Å². The molecular weight excluding hydrogens is 292 g/mol. The summed E-state index contributed by atoms with van der Waals surface area (Å²) in [6.45, 7) is 6.09. The molecule has 0 aromatic carbocycles. The summed E-state index contributed by atoms with van der Waals surface area (Å²) in [4.78, 5) is 6.83. The molecule has 1 unspecified atom stereocenters. The summed E-state index contributed by atoms with van der Waals surface area (Å²) < 4.78 is 6.76. The van der Waals surface area contributed by atoms with Crippen LogP contribution in [0.1, 0.15) is 31.9 Å². The van der Waals surface area contributed by atoms with E-state index in [-0.39, 0.29) is 0 Å². The number of likely N-dealkylation sites (tertiary alicyclic amines) is 1. The minimum atomic E-state index is 0.515. The molecule has 1 aliphatic heterocycles. The second kappa shape index (κ2) is 7.22. The van der Waals surface area contributed by atoms with Crippen LogP contribution in [0.5, 0.6) is 0 Å². The van der Waals surface area contributed by atoms with Crippen molar-refractivity contribution in [3.8, 4) is 0 Å². The van der Waals surface area contributed by atoms with Gasteiger partial charge in [-0.05, 0) is 60.9 Å². The molecule has 1 aliphatic rings. The monoisotopic (exact) mass is 312 g/mol. The first-order chi connectivity index (χ1) is 8.75. The van der Waals surface area contributed by atoms with Crippen LogP contribution >= 0.6 is 15.9 Å². The van der Waals surface area contributed by atoms with Crippen LogP contribution in [0.25, 0.3) is 0 Å². The highest BCUT2D eigenvalue weighted by Gasteiger charge is 2.16. The van der Waals surface area contributed by atoms with E-state index < -0.39 is 0 Å². The Balaban J connectivity index is 1.69. The van der Waals surface area contributed by atoms with Crippen LogP contribution in [-0.2, 0) is 11.3 Å². The van der Waals surface area contributed by atoms with Crippen molar-refractivity contribution in [2.45, 2.75) is 38.8 Å². The third-order valence-electron chi connectivity index (χ3n) is 3.41. The average molecular weight is 313 g/mol. The molecule has 18 heavy (non-hydrogen) atoms. The third-order valence-corrected chi connectivity index (χ3v) is 3.88. The van der Waals surface area contributed by atoms with Crippen molar-refractivity contribution in [2.24, 2.45) is 0 Å². The normalized spacial score (nSPS) is 18.8. The summed E-state index contributed by atoms with van der Waals surface area (Å²) in [5.74, 6) is 0. The van der Waals surface area contributed by atoms with E-state index in [1.54, 1.807) is 0 Å². The Hall–Kier alpha value is -0.450. The zero-order valence-electron chi connectivity index (χ0n) is 10.9. The zero-order chi connectivity index (χ0) is 12.8. The largest absolute Gasteiger partial charge is 0.374 e. The standard InChI is InChI=1S/C14H21BrN2O/c1-12(17-7-3-2-4-8-17)10-18-11-14-6-5-13(15)9-16-14/h5-6,9,12H,2-4,7-8,10-11H2,1H3. The number of hydrogen-bond acceptors (Lipinski definition) is 3. The van der Waals surface area contributed by atoms with Crippen LogP contribution in [0.15, 0.2) is 22.8 Å². The molecule has 0 radical (unpaired) electrons. The van der Waals surface area contributed by atoms with Gasteiger partial charge in [0.2, 0.25) is 0 Å². The second-order valence-corrected chi connectivity index (χ2v) is 5.84. The fraction of sp³-hybridized carbons (Fsp3) is 0.643.